The number of hydrogen-bond donors (Lipinski definition) is 0. The van der Waals surface area contributed by atoms with Crippen LogP contribution in [0, 0.1) is 0 Å². The predicted molar refractivity (Wildman–Crippen MR) is 128 cm³/mol. The van der Waals surface area contributed by atoms with Gasteiger partial charge in [0, 0.05) is 24.3 Å². The van der Waals surface area contributed by atoms with Crippen molar-refractivity contribution in [3.63, 3.8) is 0 Å². The van der Waals surface area contributed by atoms with Crippen molar-refractivity contribution in [1.29, 1.82) is 0 Å². The standard InChI is InChI=1S/C15H12N2.C13H10NO.Au/c1-3-7-14(8-4-1)16-11-12-17(13-16)15-9-5-2-6-10-15;1-15-9-6-7-13-11(8-9)10-4-2-3-5-12(10)14-13;/h1-12H;2-8H,1H3;/q+2;-1;+1. The molecule has 2 heterocycles. The molecule has 0 spiro atoms. The number of rotatable bonds is 3. The molecule has 0 N–H and O–H groups in total. The van der Waals surface area contributed by atoms with Gasteiger partial charge in [-0.05, 0) is 22.9 Å². The van der Waals surface area contributed by atoms with E-state index in [1.165, 1.54) is 5.39 Å². The molecule has 0 saturated carbocycles. The Morgan fingerprint density at radius 1 is 0.636 bits per heavy atom. The molecule has 5 aromatic rings. The number of hydrogen-bond acceptors (Lipinski definition) is 1. The summed E-state index contributed by atoms with van der Waals surface area (Å²) in [6, 6.07) is 37.8. The van der Waals surface area contributed by atoms with Crippen LogP contribution in [0.1, 0.15) is 0 Å². The molecule has 33 heavy (non-hydrogen) atoms. The van der Waals surface area contributed by atoms with Gasteiger partial charge in [0.15, 0.2) is 0 Å². The summed E-state index contributed by atoms with van der Waals surface area (Å²) in [4.78, 5) is 4.54. The number of methoxy groups -OCH3 is 1. The van der Waals surface area contributed by atoms with Crippen LogP contribution >= 0.6 is 0 Å². The minimum Gasteiger partial charge on any atom is -0.657 e. The Kier molecular flexibility index (Phi) is 7.04. The molecule has 0 bridgehead atoms. The van der Waals surface area contributed by atoms with E-state index in [2.05, 4.69) is 41.3 Å². The molecular formula is C28H22AuN3O+2. The Balaban J connectivity index is 0.000000153. The molecule has 0 radical (unpaired) electrons. The van der Waals surface area contributed by atoms with Crippen LogP contribution in [-0.4, -0.2) is 22.3 Å². The Labute approximate surface area is 208 Å². The molecule has 5 heteroatoms. The van der Waals surface area contributed by atoms with Gasteiger partial charge in [0.25, 0.3) is 12.4 Å². The number of benzene rings is 4. The number of para-hydroxylation sites is 3. The van der Waals surface area contributed by atoms with E-state index in [4.69, 9.17) is 4.74 Å². The first kappa shape index (κ1) is 22.5. The normalized spacial score (nSPS) is 11.9. The fraction of sp³-hybridized carbons (Fsp3) is 0.0357. The molecule has 4 aromatic carbocycles. The Morgan fingerprint density at radius 2 is 1.18 bits per heavy atom. The van der Waals surface area contributed by atoms with Crippen molar-refractivity contribution in [2.75, 3.05) is 7.11 Å². The molecule has 1 aromatic heterocycles. The molecule has 1 aliphatic heterocycles. The molecule has 0 amide bonds. The molecule has 6 rings (SSSR count). The van der Waals surface area contributed by atoms with Gasteiger partial charge in [-0.1, -0.05) is 75.9 Å². The Morgan fingerprint density at radius 3 is 1.79 bits per heavy atom. The zero-order valence-electron chi connectivity index (χ0n) is 18.0. The van der Waals surface area contributed by atoms with E-state index in [0.29, 0.717) is 0 Å². The van der Waals surface area contributed by atoms with Gasteiger partial charge in [-0.2, -0.15) is 0 Å². The average molecular weight is 613 g/mol. The maximum absolute atomic E-state index is 5.21. The van der Waals surface area contributed by atoms with Crippen LogP contribution in [0.2, 0.25) is 0 Å². The van der Waals surface area contributed by atoms with E-state index in [1.807, 2.05) is 94.3 Å². The minimum absolute atomic E-state index is 0. The summed E-state index contributed by atoms with van der Waals surface area (Å²) in [5, 5.41) is 2.34. The summed E-state index contributed by atoms with van der Waals surface area (Å²) in [5.74, 6) is 0.876. The summed E-state index contributed by atoms with van der Waals surface area (Å²) in [5.41, 5.74) is 4.29. The second-order valence-electron chi connectivity index (χ2n) is 7.32. The fourth-order valence-electron chi connectivity index (χ4n) is 3.66. The van der Waals surface area contributed by atoms with Gasteiger partial charge < -0.3 is 9.72 Å². The van der Waals surface area contributed by atoms with Crippen LogP contribution in [0.4, 0.5) is 11.4 Å². The first-order valence-electron chi connectivity index (χ1n) is 10.4. The monoisotopic (exact) mass is 613 g/mol. The predicted octanol–water partition coefficient (Wildman–Crippen LogP) is 6.29. The largest absolute Gasteiger partial charge is 1.00 e. The van der Waals surface area contributed by atoms with Crippen molar-refractivity contribution in [1.82, 2.24) is 4.98 Å². The van der Waals surface area contributed by atoms with Gasteiger partial charge in [0.2, 0.25) is 11.4 Å². The van der Waals surface area contributed by atoms with Crippen molar-refractivity contribution >= 4 is 39.2 Å². The number of ether oxygens (including phenoxy) is 1. The summed E-state index contributed by atoms with van der Waals surface area (Å²) >= 11 is 0. The van der Waals surface area contributed by atoms with Gasteiger partial charge in [0.1, 0.15) is 5.75 Å². The van der Waals surface area contributed by atoms with Crippen LogP contribution in [0.3, 0.4) is 0 Å². The van der Waals surface area contributed by atoms with E-state index >= 15 is 0 Å². The third-order valence-corrected chi connectivity index (χ3v) is 5.29. The summed E-state index contributed by atoms with van der Waals surface area (Å²) in [7, 11) is 1.68. The second-order valence-corrected chi connectivity index (χ2v) is 7.32. The molecule has 1 aliphatic rings. The molecule has 0 fully saturated rings. The third kappa shape index (κ3) is 4.90. The molecule has 0 atom stereocenters. The summed E-state index contributed by atoms with van der Waals surface area (Å²) in [6.45, 7) is 0. The molecule has 4 nitrogen and oxygen atoms in total. The van der Waals surface area contributed by atoms with E-state index < -0.39 is 0 Å². The first-order valence-corrected chi connectivity index (χ1v) is 10.4. The average Bonchev–Trinajstić information content (AvgIpc) is 3.50. The van der Waals surface area contributed by atoms with Gasteiger partial charge in [-0.25, -0.2) is 0 Å². The van der Waals surface area contributed by atoms with Crippen molar-refractivity contribution in [3.8, 4) is 5.75 Å². The van der Waals surface area contributed by atoms with Gasteiger partial charge in [-0.15, -0.1) is 11.0 Å². The zero-order chi connectivity index (χ0) is 21.8. The first-order chi connectivity index (χ1) is 15.8. The topological polar surface area (TPSA) is 29.4 Å². The van der Waals surface area contributed by atoms with Crippen LogP contribution in [-0.2, 0) is 22.4 Å². The third-order valence-electron chi connectivity index (χ3n) is 5.29. The van der Waals surface area contributed by atoms with E-state index in [0.717, 1.165) is 33.5 Å². The molecule has 0 unspecified atom stereocenters. The quantitative estimate of drug-likeness (QED) is 0.177. The van der Waals surface area contributed by atoms with Crippen LogP contribution < -0.4 is 9.72 Å². The smallest absolute Gasteiger partial charge is 0.657 e. The van der Waals surface area contributed by atoms with E-state index in [-0.39, 0.29) is 22.4 Å². The Hall–Kier alpha value is -3.66. The molecular weight excluding hydrogens is 591 g/mol. The fourth-order valence-corrected chi connectivity index (χ4v) is 3.66. The van der Waals surface area contributed by atoms with E-state index in [1.54, 1.807) is 7.11 Å². The van der Waals surface area contributed by atoms with Crippen LogP contribution in [0.25, 0.3) is 21.8 Å². The van der Waals surface area contributed by atoms with Crippen molar-refractivity contribution in [3.05, 3.63) is 116 Å². The summed E-state index contributed by atoms with van der Waals surface area (Å²) in [6.07, 6.45) is 4.00. The number of fused-ring (bicyclic) bond motifs is 3. The van der Waals surface area contributed by atoms with Crippen molar-refractivity contribution in [2.24, 2.45) is 0 Å². The summed E-state index contributed by atoms with van der Waals surface area (Å²) < 4.78 is 9.17. The van der Waals surface area contributed by atoms with Crippen LogP contribution in [0.5, 0.6) is 5.75 Å². The second kappa shape index (κ2) is 10.3. The van der Waals surface area contributed by atoms with Gasteiger partial charge in [0.05, 0.1) is 7.11 Å². The molecule has 164 valence electrons. The van der Waals surface area contributed by atoms with Gasteiger partial charge >= 0.3 is 28.4 Å². The van der Waals surface area contributed by atoms with Gasteiger partial charge in [-0.3, -0.25) is 0 Å². The van der Waals surface area contributed by atoms with Crippen molar-refractivity contribution < 1.29 is 36.3 Å². The molecule has 0 aliphatic carbocycles. The number of nitrogens with zero attached hydrogens (tertiary/aromatic N) is 3. The van der Waals surface area contributed by atoms with E-state index in [9.17, 15) is 0 Å². The maximum Gasteiger partial charge on any atom is 1.00 e. The molecule has 0 saturated heterocycles. The maximum atomic E-state index is 5.21. The number of aromatic nitrogens is 1. The zero-order valence-corrected chi connectivity index (χ0v) is 20.2. The van der Waals surface area contributed by atoms with Crippen molar-refractivity contribution in [2.45, 2.75) is 0 Å². The minimum atomic E-state index is 0. The SMILES string of the molecule is C1=[N+](c2ccccc2)C=C[N+]=1c1ccccc1.COc1ccc2[n-]c3ccccc3c2c1.[Au+]. The Bertz CT molecular complexity index is 1430. The van der Waals surface area contributed by atoms with Crippen LogP contribution in [0.15, 0.2) is 116 Å².